The molecule has 0 saturated heterocycles. The Labute approximate surface area is 74.8 Å². The van der Waals surface area contributed by atoms with E-state index in [0.717, 1.165) is 6.42 Å². The molecular formula is C11H18O. The Kier molecular flexibility index (Phi) is 3.39. The molecule has 0 aliphatic heterocycles. The lowest BCUT2D eigenvalue weighted by Crippen LogP contribution is -1.90. The molecule has 1 aromatic heterocycles. The van der Waals surface area contributed by atoms with Crippen molar-refractivity contribution in [1.82, 2.24) is 0 Å². The molecule has 1 nitrogen and oxygen atoms in total. The van der Waals surface area contributed by atoms with Crippen LogP contribution in [0.4, 0.5) is 0 Å². The van der Waals surface area contributed by atoms with Gasteiger partial charge in [0.05, 0.1) is 6.26 Å². The Balaban J connectivity index is 2.72. The number of aryl methyl sites for hydroxylation is 2. The average Bonchev–Trinajstić information content (AvgIpc) is 2.43. The van der Waals surface area contributed by atoms with E-state index < -0.39 is 0 Å². The van der Waals surface area contributed by atoms with Gasteiger partial charge in [0.25, 0.3) is 0 Å². The number of rotatable bonds is 4. The van der Waals surface area contributed by atoms with Crippen LogP contribution in [0.1, 0.15) is 43.6 Å². The molecule has 68 valence electrons. The van der Waals surface area contributed by atoms with E-state index in [1.807, 2.05) is 6.26 Å². The van der Waals surface area contributed by atoms with Crippen LogP contribution in [0.2, 0.25) is 0 Å². The molecule has 0 saturated carbocycles. The van der Waals surface area contributed by atoms with E-state index in [1.165, 1.54) is 36.1 Å². The monoisotopic (exact) mass is 166 g/mol. The fraction of sp³-hybridized carbons (Fsp3) is 0.636. The van der Waals surface area contributed by atoms with Crippen LogP contribution in [0.15, 0.2) is 10.7 Å². The predicted molar refractivity (Wildman–Crippen MR) is 51.4 cm³/mol. The summed E-state index contributed by atoms with van der Waals surface area (Å²) < 4.78 is 5.44. The second-order valence-electron chi connectivity index (χ2n) is 3.28. The molecule has 0 bridgehead atoms. The third kappa shape index (κ3) is 1.90. The molecule has 0 fully saturated rings. The summed E-state index contributed by atoms with van der Waals surface area (Å²) in [5.41, 5.74) is 2.76. The van der Waals surface area contributed by atoms with Crippen LogP contribution < -0.4 is 0 Å². The van der Waals surface area contributed by atoms with Crippen molar-refractivity contribution in [3.63, 3.8) is 0 Å². The van der Waals surface area contributed by atoms with Crippen LogP contribution in [0.3, 0.4) is 0 Å². The van der Waals surface area contributed by atoms with Crippen molar-refractivity contribution >= 4 is 0 Å². The van der Waals surface area contributed by atoms with E-state index in [-0.39, 0.29) is 0 Å². The lowest BCUT2D eigenvalue weighted by Gasteiger charge is -1.99. The van der Waals surface area contributed by atoms with Crippen molar-refractivity contribution in [2.75, 3.05) is 0 Å². The third-order valence-corrected chi connectivity index (χ3v) is 2.29. The summed E-state index contributed by atoms with van der Waals surface area (Å²) in [6.07, 6.45) is 6.61. The maximum atomic E-state index is 5.44. The molecule has 1 heterocycles. The second-order valence-corrected chi connectivity index (χ2v) is 3.28. The van der Waals surface area contributed by atoms with Crippen molar-refractivity contribution < 1.29 is 4.42 Å². The van der Waals surface area contributed by atoms with Gasteiger partial charge in [0.2, 0.25) is 0 Å². The fourth-order valence-corrected chi connectivity index (χ4v) is 1.51. The van der Waals surface area contributed by atoms with E-state index >= 15 is 0 Å². The molecule has 0 aliphatic rings. The van der Waals surface area contributed by atoms with Gasteiger partial charge in [0, 0.05) is 6.42 Å². The van der Waals surface area contributed by atoms with Gasteiger partial charge in [-0.05, 0) is 30.9 Å². The van der Waals surface area contributed by atoms with Gasteiger partial charge in [-0.15, -0.1) is 0 Å². The van der Waals surface area contributed by atoms with E-state index in [9.17, 15) is 0 Å². The Morgan fingerprint density at radius 1 is 1.33 bits per heavy atom. The Hall–Kier alpha value is -0.720. The summed E-state index contributed by atoms with van der Waals surface area (Å²) in [6.45, 7) is 6.50. The van der Waals surface area contributed by atoms with Gasteiger partial charge in [-0.25, -0.2) is 0 Å². The first-order valence-corrected chi connectivity index (χ1v) is 4.85. The summed E-state index contributed by atoms with van der Waals surface area (Å²) in [6, 6.07) is 0. The molecule has 0 N–H and O–H groups in total. The smallest absolute Gasteiger partial charge is 0.106 e. The van der Waals surface area contributed by atoms with Crippen LogP contribution in [0.25, 0.3) is 0 Å². The van der Waals surface area contributed by atoms with Crippen LogP contribution in [-0.2, 0) is 12.8 Å². The first-order chi connectivity index (χ1) is 5.79. The van der Waals surface area contributed by atoms with Crippen molar-refractivity contribution in [2.45, 2.75) is 46.5 Å². The number of unbranched alkanes of at least 4 members (excludes halogenated alkanes) is 1. The van der Waals surface area contributed by atoms with E-state index in [4.69, 9.17) is 4.42 Å². The molecule has 0 atom stereocenters. The highest BCUT2D eigenvalue weighted by molar-refractivity contribution is 5.26. The van der Waals surface area contributed by atoms with Crippen LogP contribution in [0.5, 0.6) is 0 Å². The molecule has 1 heteroatoms. The molecule has 0 amide bonds. The van der Waals surface area contributed by atoms with E-state index in [0.29, 0.717) is 0 Å². The Morgan fingerprint density at radius 2 is 2.08 bits per heavy atom. The van der Waals surface area contributed by atoms with Gasteiger partial charge in [-0.3, -0.25) is 0 Å². The van der Waals surface area contributed by atoms with Gasteiger partial charge in [0.15, 0.2) is 0 Å². The zero-order chi connectivity index (χ0) is 8.97. The van der Waals surface area contributed by atoms with Crippen LogP contribution in [0, 0.1) is 6.92 Å². The maximum Gasteiger partial charge on any atom is 0.106 e. The van der Waals surface area contributed by atoms with Crippen molar-refractivity contribution in [3.05, 3.63) is 23.2 Å². The van der Waals surface area contributed by atoms with E-state index in [1.54, 1.807) is 0 Å². The summed E-state index contributed by atoms with van der Waals surface area (Å²) in [7, 11) is 0. The van der Waals surface area contributed by atoms with Crippen LogP contribution >= 0.6 is 0 Å². The van der Waals surface area contributed by atoms with Gasteiger partial charge >= 0.3 is 0 Å². The SMILES string of the molecule is CCCCc1c(C)coc1CC. The van der Waals surface area contributed by atoms with Gasteiger partial charge in [-0.1, -0.05) is 20.3 Å². The minimum Gasteiger partial charge on any atom is -0.469 e. The topological polar surface area (TPSA) is 13.1 Å². The first kappa shape index (κ1) is 9.37. The number of hydrogen-bond acceptors (Lipinski definition) is 1. The predicted octanol–water partition coefficient (Wildman–Crippen LogP) is 3.49. The average molecular weight is 166 g/mol. The fourth-order valence-electron chi connectivity index (χ4n) is 1.51. The summed E-state index contributed by atoms with van der Waals surface area (Å²) in [5, 5.41) is 0. The zero-order valence-corrected chi connectivity index (χ0v) is 8.31. The highest BCUT2D eigenvalue weighted by Gasteiger charge is 2.07. The number of hydrogen-bond donors (Lipinski definition) is 0. The summed E-state index contributed by atoms with van der Waals surface area (Å²) in [5.74, 6) is 1.18. The Morgan fingerprint density at radius 3 is 2.67 bits per heavy atom. The van der Waals surface area contributed by atoms with Crippen molar-refractivity contribution in [3.8, 4) is 0 Å². The van der Waals surface area contributed by atoms with E-state index in [2.05, 4.69) is 20.8 Å². The van der Waals surface area contributed by atoms with Crippen molar-refractivity contribution in [2.24, 2.45) is 0 Å². The number of furan rings is 1. The summed E-state index contributed by atoms with van der Waals surface area (Å²) >= 11 is 0. The standard InChI is InChI=1S/C11H18O/c1-4-6-7-10-9(3)8-12-11(10)5-2/h8H,4-7H2,1-3H3. The largest absolute Gasteiger partial charge is 0.469 e. The molecule has 0 aliphatic carbocycles. The molecule has 0 unspecified atom stereocenters. The molecule has 0 radical (unpaired) electrons. The van der Waals surface area contributed by atoms with Gasteiger partial charge < -0.3 is 4.42 Å². The first-order valence-electron chi connectivity index (χ1n) is 4.85. The highest BCUT2D eigenvalue weighted by Crippen LogP contribution is 2.19. The lowest BCUT2D eigenvalue weighted by molar-refractivity contribution is 0.509. The van der Waals surface area contributed by atoms with Gasteiger partial charge in [0.1, 0.15) is 5.76 Å². The second kappa shape index (κ2) is 4.34. The normalized spacial score (nSPS) is 10.6. The molecule has 0 spiro atoms. The summed E-state index contributed by atoms with van der Waals surface area (Å²) in [4.78, 5) is 0. The maximum absolute atomic E-state index is 5.44. The Bertz CT molecular complexity index is 235. The minimum absolute atomic E-state index is 1.02. The minimum atomic E-state index is 1.02. The molecule has 12 heavy (non-hydrogen) atoms. The molecule has 0 aromatic carbocycles. The molecular weight excluding hydrogens is 148 g/mol. The quantitative estimate of drug-likeness (QED) is 0.667. The lowest BCUT2D eigenvalue weighted by atomic mass is 10.0. The molecule has 1 rings (SSSR count). The van der Waals surface area contributed by atoms with Crippen LogP contribution in [-0.4, -0.2) is 0 Å². The third-order valence-electron chi connectivity index (χ3n) is 2.29. The van der Waals surface area contributed by atoms with Gasteiger partial charge in [-0.2, -0.15) is 0 Å². The zero-order valence-electron chi connectivity index (χ0n) is 8.31. The van der Waals surface area contributed by atoms with Crippen molar-refractivity contribution in [1.29, 1.82) is 0 Å². The highest BCUT2D eigenvalue weighted by atomic mass is 16.3. The molecule has 1 aromatic rings.